The first kappa shape index (κ1) is 20.6. The van der Waals surface area contributed by atoms with Crippen LogP contribution in [0.25, 0.3) is 0 Å². The Bertz CT molecular complexity index is 672. The van der Waals surface area contributed by atoms with Gasteiger partial charge in [0.2, 0.25) is 5.91 Å². The second-order valence-corrected chi connectivity index (χ2v) is 7.98. The van der Waals surface area contributed by atoms with Gasteiger partial charge in [-0.2, -0.15) is 0 Å². The molecule has 154 valence electrons. The van der Waals surface area contributed by atoms with Crippen LogP contribution in [0.1, 0.15) is 50.5 Å². The number of carbonyl (C=O) groups excluding carboxylic acids is 1. The number of rotatable bonds is 6. The van der Waals surface area contributed by atoms with E-state index in [4.69, 9.17) is 0 Å². The largest absolute Gasteiger partial charge is 0.356 e. The van der Waals surface area contributed by atoms with Gasteiger partial charge in [-0.15, -0.1) is 0 Å². The van der Waals surface area contributed by atoms with Crippen molar-refractivity contribution in [2.45, 2.75) is 57.4 Å². The summed E-state index contributed by atoms with van der Waals surface area (Å²) in [6.45, 7) is 2.37. The van der Waals surface area contributed by atoms with Gasteiger partial charge in [0.05, 0.1) is 0 Å². The Hall–Kier alpha value is -2.11. The van der Waals surface area contributed by atoms with Crippen LogP contribution in [-0.2, 0) is 11.2 Å². The number of halogens is 1. The third-order valence-electron chi connectivity index (χ3n) is 5.84. The maximum atomic E-state index is 13.2. The van der Waals surface area contributed by atoms with Crippen molar-refractivity contribution in [1.29, 1.82) is 0 Å². The first-order chi connectivity index (χ1) is 13.7. The van der Waals surface area contributed by atoms with Gasteiger partial charge in [-0.3, -0.25) is 9.79 Å². The smallest absolute Gasteiger partial charge is 0.225 e. The van der Waals surface area contributed by atoms with Crippen molar-refractivity contribution in [2.75, 3.05) is 26.7 Å². The molecule has 3 rings (SSSR count). The maximum absolute atomic E-state index is 13.2. The lowest BCUT2D eigenvalue weighted by atomic mass is 9.88. The molecule has 1 aromatic carbocycles. The van der Waals surface area contributed by atoms with Crippen LogP contribution in [0.3, 0.4) is 0 Å². The van der Waals surface area contributed by atoms with Crippen molar-refractivity contribution in [3.63, 3.8) is 0 Å². The molecular weight excluding hydrogens is 355 g/mol. The fourth-order valence-electron chi connectivity index (χ4n) is 4.27. The van der Waals surface area contributed by atoms with E-state index < -0.39 is 0 Å². The summed E-state index contributed by atoms with van der Waals surface area (Å²) in [5, 5.41) is 6.78. The molecule has 1 aliphatic carbocycles. The molecule has 1 saturated heterocycles. The highest BCUT2D eigenvalue weighted by molar-refractivity contribution is 5.81. The molecule has 0 spiro atoms. The number of nitrogens with one attached hydrogen (secondary N) is 2. The summed E-state index contributed by atoms with van der Waals surface area (Å²) in [5.41, 5.74) is 1.01. The van der Waals surface area contributed by atoms with Crippen molar-refractivity contribution < 1.29 is 9.18 Å². The Morgan fingerprint density at radius 3 is 2.82 bits per heavy atom. The fraction of sp³-hybridized carbons (Fsp3) is 0.636. The molecule has 0 aromatic heterocycles. The summed E-state index contributed by atoms with van der Waals surface area (Å²) in [7, 11) is 1.77. The van der Waals surface area contributed by atoms with E-state index in [1.165, 1.54) is 25.3 Å². The van der Waals surface area contributed by atoms with Crippen LogP contribution >= 0.6 is 0 Å². The van der Waals surface area contributed by atoms with Crippen molar-refractivity contribution >= 4 is 11.9 Å². The van der Waals surface area contributed by atoms with E-state index in [1.54, 1.807) is 19.2 Å². The third-order valence-corrected chi connectivity index (χ3v) is 5.84. The quantitative estimate of drug-likeness (QED) is 0.447. The fourth-order valence-corrected chi connectivity index (χ4v) is 4.27. The highest BCUT2D eigenvalue weighted by Gasteiger charge is 2.31. The zero-order valence-electron chi connectivity index (χ0n) is 16.9. The second kappa shape index (κ2) is 10.4. The standard InChI is InChI=1S/C22H33FN4O/c1-24-22(25-13-6-8-17-7-5-11-19(23)15-17)26-20-12-14-27(16-20)21(28)18-9-3-2-4-10-18/h5,7,11,15,18,20H,2-4,6,8-10,12-14,16H2,1H3,(H2,24,25,26). The van der Waals surface area contributed by atoms with Gasteiger partial charge >= 0.3 is 0 Å². The number of aryl methyl sites for hydroxylation is 1. The second-order valence-electron chi connectivity index (χ2n) is 7.98. The predicted octanol–water partition coefficient (Wildman–Crippen LogP) is 3.10. The molecule has 5 nitrogen and oxygen atoms in total. The highest BCUT2D eigenvalue weighted by atomic mass is 19.1. The molecule has 2 aliphatic rings. The van der Waals surface area contributed by atoms with Gasteiger partial charge in [-0.1, -0.05) is 31.4 Å². The minimum absolute atomic E-state index is 0.184. The molecule has 1 aliphatic heterocycles. The first-order valence-electron chi connectivity index (χ1n) is 10.7. The van der Waals surface area contributed by atoms with E-state index in [9.17, 15) is 9.18 Å². The van der Waals surface area contributed by atoms with E-state index in [2.05, 4.69) is 15.6 Å². The van der Waals surface area contributed by atoms with Crippen LogP contribution in [0, 0.1) is 11.7 Å². The van der Waals surface area contributed by atoms with Crippen molar-refractivity contribution in [3.05, 3.63) is 35.6 Å². The molecule has 6 heteroatoms. The van der Waals surface area contributed by atoms with Crippen molar-refractivity contribution in [2.24, 2.45) is 10.9 Å². The number of hydrogen-bond donors (Lipinski definition) is 2. The summed E-state index contributed by atoms with van der Waals surface area (Å²) < 4.78 is 13.2. The van der Waals surface area contributed by atoms with Gasteiger partial charge in [-0.05, 0) is 49.8 Å². The Kier molecular flexibility index (Phi) is 7.69. The topological polar surface area (TPSA) is 56.7 Å². The van der Waals surface area contributed by atoms with E-state index in [-0.39, 0.29) is 17.8 Å². The first-order valence-corrected chi connectivity index (χ1v) is 10.7. The molecule has 1 amide bonds. The number of carbonyl (C=O) groups is 1. The lowest BCUT2D eigenvalue weighted by Gasteiger charge is -2.26. The predicted molar refractivity (Wildman–Crippen MR) is 111 cm³/mol. The zero-order valence-corrected chi connectivity index (χ0v) is 16.9. The summed E-state index contributed by atoms with van der Waals surface area (Å²) in [4.78, 5) is 19.0. The molecule has 1 unspecified atom stereocenters. The number of nitrogens with zero attached hydrogens (tertiary/aromatic N) is 2. The third kappa shape index (κ3) is 5.94. The van der Waals surface area contributed by atoms with E-state index in [0.717, 1.165) is 63.3 Å². The molecule has 1 saturated carbocycles. The van der Waals surface area contributed by atoms with E-state index >= 15 is 0 Å². The van der Waals surface area contributed by atoms with Gasteiger partial charge < -0.3 is 15.5 Å². The average Bonchev–Trinajstić information content (AvgIpc) is 3.19. The normalized spacial score (nSPS) is 21.0. The van der Waals surface area contributed by atoms with Crippen molar-refractivity contribution in [1.82, 2.24) is 15.5 Å². The molecule has 28 heavy (non-hydrogen) atoms. The van der Waals surface area contributed by atoms with Crippen LogP contribution in [0.5, 0.6) is 0 Å². The van der Waals surface area contributed by atoms with Crippen LogP contribution < -0.4 is 10.6 Å². The van der Waals surface area contributed by atoms with Crippen molar-refractivity contribution in [3.8, 4) is 0 Å². The Labute approximate surface area is 167 Å². The van der Waals surface area contributed by atoms with Gasteiger partial charge in [0, 0.05) is 38.6 Å². The number of amides is 1. The number of aliphatic imine (C=N–C) groups is 1. The van der Waals surface area contributed by atoms with Gasteiger partial charge in [0.15, 0.2) is 5.96 Å². The van der Waals surface area contributed by atoms with Gasteiger partial charge in [0.1, 0.15) is 5.82 Å². The summed E-state index contributed by atoms with van der Waals surface area (Å²) in [5.74, 6) is 1.18. The molecule has 1 heterocycles. The van der Waals surface area contributed by atoms with Crippen LogP contribution in [0.15, 0.2) is 29.3 Å². The average molecular weight is 389 g/mol. The molecule has 2 fully saturated rings. The summed E-state index contributed by atoms with van der Waals surface area (Å²) >= 11 is 0. The Morgan fingerprint density at radius 2 is 2.07 bits per heavy atom. The molecular formula is C22H33FN4O. The summed E-state index contributed by atoms with van der Waals surface area (Å²) in [6.07, 6.45) is 8.47. The summed E-state index contributed by atoms with van der Waals surface area (Å²) in [6, 6.07) is 7.01. The van der Waals surface area contributed by atoms with Gasteiger partial charge in [0.25, 0.3) is 0 Å². The highest BCUT2D eigenvalue weighted by Crippen LogP contribution is 2.26. The van der Waals surface area contributed by atoms with Crippen LogP contribution in [0.2, 0.25) is 0 Å². The van der Waals surface area contributed by atoms with E-state index in [1.807, 2.05) is 11.0 Å². The monoisotopic (exact) mass is 388 g/mol. The minimum Gasteiger partial charge on any atom is -0.356 e. The molecule has 1 aromatic rings. The Balaban J connectivity index is 1.37. The number of hydrogen-bond acceptors (Lipinski definition) is 2. The lowest BCUT2D eigenvalue weighted by molar-refractivity contribution is -0.135. The molecule has 0 radical (unpaired) electrons. The maximum Gasteiger partial charge on any atom is 0.225 e. The number of guanidine groups is 1. The minimum atomic E-state index is -0.184. The van der Waals surface area contributed by atoms with Gasteiger partial charge in [-0.25, -0.2) is 4.39 Å². The molecule has 1 atom stereocenters. The SMILES string of the molecule is CN=C(NCCCc1cccc(F)c1)NC1CCN(C(=O)C2CCCCC2)C1. The van der Waals surface area contributed by atoms with Crippen LogP contribution in [0.4, 0.5) is 4.39 Å². The van der Waals surface area contributed by atoms with Crippen LogP contribution in [-0.4, -0.2) is 49.5 Å². The lowest BCUT2D eigenvalue weighted by Crippen LogP contribution is -2.45. The molecule has 2 N–H and O–H groups in total. The molecule has 0 bridgehead atoms. The number of benzene rings is 1. The Morgan fingerprint density at radius 1 is 1.25 bits per heavy atom. The number of likely N-dealkylation sites (tertiary alicyclic amines) is 1. The zero-order chi connectivity index (χ0) is 19.8. The van der Waals surface area contributed by atoms with E-state index in [0.29, 0.717) is 5.91 Å².